The zero-order valence-electron chi connectivity index (χ0n) is 9.66. The molecule has 1 atom stereocenters. The van der Waals surface area contributed by atoms with Gasteiger partial charge in [0, 0.05) is 31.0 Å². The van der Waals surface area contributed by atoms with Crippen LogP contribution in [0.5, 0.6) is 0 Å². The fourth-order valence-electron chi connectivity index (χ4n) is 1.20. The number of aliphatic hydroxyl groups is 1. The molecule has 0 bridgehead atoms. The third kappa shape index (κ3) is 4.95. The van der Waals surface area contributed by atoms with Crippen LogP contribution in [0.2, 0.25) is 0 Å². The SMILES string of the molecule is CCCNc1cc(NCC(O)C(F)F)ccn1. The summed E-state index contributed by atoms with van der Waals surface area (Å²) < 4.78 is 24.1. The summed E-state index contributed by atoms with van der Waals surface area (Å²) in [5.41, 5.74) is 0.651. The van der Waals surface area contributed by atoms with Crippen molar-refractivity contribution in [1.82, 2.24) is 4.98 Å². The Morgan fingerprint density at radius 3 is 2.82 bits per heavy atom. The summed E-state index contributed by atoms with van der Waals surface area (Å²) in [5, 5.41) is 14.8. The lowest BCUT2D eigenvalue weighted by Gasteiger charge is -2.12. The molecule has 96 valence electrons. The van der Waals surface area contributed by atoms with Crippen LogP contribution < -0.4 is 10.6 Å². The Hall–Kier alpha value is -1.43. The summed E-state index contributed by atoms with van der Waals surface area (Å²) in [4.78, 5) is 4.08. The van der Waals surface area contributed by atoms with Crippen molar-refractivity contribution in [2.75, 3.05) is 23.7 Å². The van der Waals surface area contributed by atoms with Crippen molar-refractivity contribution < 1.29 is 13.9 Å². The molecule has 4 nitrogen and oxygen atoms in total. The molecular weight excluding hydrogens is 228 g/mol. The van der Waals surface area contributed by atoms with E-state index in [-0.39, 0.29) is 6.54 Å². The fraction of sp³-hybridized carbons (Fsp3) is 0.545. The van der Waals surface area contributed by atoms with Crippen molar-refractivity contribution in [1.29, 1.82) is 0 Å². The average Bonchev–Trinajstić information content (AvgIpc) is 2.33. The van der Waals surface area contributed by atoms with Gasteiger partial charge in [0.15, 0.2) is 0 Å². The van der Waals surface area contributed by atoms with E-state index in [0.717, 1.165) is 13.0 Å². The molecule has 0 aromatic carbocycles. The number of anilines is 2. The number of aromatic nitrogens is 1. The van der Waals surface area contributed by atoms with Crippen molar-refractivity contribution in [2.24, 2.45) is 0 Å². The van der Waals surface area contributed by atoms with Gasteiger partial charge in [0.05, 0.1) is 0 Å². The first-order valence-corrected chi connectivity index (χ1v) is 5.53. The number of hydrogen-bond acceptors (Lipinski definition) is 4. The second kappa shape index (κ2) is 7.01. The molecule has 0 saturated heterocycles. The van der Waals surface area contributed by atoms with Crippen LogP contribution in [0.15, 0.2) is 18.3 Å². The molecule has 1 rings (SSSR count). The highest BCUT2D eigenvalue weighted by molar-refractivity contribution is 5.51. The van der Waals surface area contributed by atoms with Crippen molar-refractivity contribution in [3.8, 4) is 0 Å². The van der Waals surface area contributed by atoms with Gasteiger partial charge in [-0.25, -0.2) is 13.8 Å². The Morgan fingerprint density at radius 1 is 1.41 bits per heavy atom. The van der Waals surface area contributed by atoms with Gasteiger partial charge in [0.1, 0.15) is 11.9 Å². The molecule has 0 fully saturated rings. The maximum atomic E-state index is 12.1. The molecule has 0 aliphatic rings. The molecule has 1 aromatic heterocycles. The van der Waals surface area contributed by atoms with Crippen LogP contribution in [0.4, 0.5) is 20.3 Å². The first-order valence-electron chi connectivity index (χ1n) is 5.53. The molecule has 0 radical (unpaired) electrons. The van der Waals surface area contributed by atoms with Gasteiger partial charge in [0.25, 0.3) is 6.43 Å². The van der Waals surface area contributed by atoms with Crippen LogP contribution in [0.3, 0.4) is 0 Å². The number of rotatable bonds is 7. The molecule has 17 heavy (non-hydrogen) atoms. The van der Waals surface area contributed by atoms with E-state index in [9.17, 15) is 8.78 Å². The molecule has 1 aromatic rings. The summed E-state index contributed by atoms with van der Waals surface area (Å²) in [6.07, 6.45) is -1.84. The van der Waals surface area contributed by atoms with Gasteiger partial charge in [-0.1, -0.05) is 6.92 Å². The molecule has 0 saturated carbocycles. The third-order valence-electron chi connectivity index (χ3n) is 2.12. The maximum Gasteiger partial charge on any atom is 0.265 e. The Labute approximate surface area is 99.1 Å². The van der Waals surface area contributed by atoms with Gasteiger partial charge >= 0.3 is 0 Å². The topological polar surface area (TPSA) is 57.2 Å². The van der Waals surface area contributed by atoms with Crippen molar-refractivity contribution >= 4 is 11.5 Å². The smallest absolute Gasteiger partial charge is 0.265 e. The van der Waals surface area contributed by atoms with Crippen molar-refractivity contribution in [3.63, 3.8) is 0 Å². The van der Waals surface area contributed by atoms with Gasteiger partial charge < -0.3 is 15.7 Å². The Morgan fingerprint density at radius 2 is 2.18 bits per heavy atom. The number of alkyl halides is 2. The Kier molecular flexibility index (Phi) is 5.62. The maximum absolute atomic E-state index is 12.1. The van der Waals surface area contributed by atoms with E-state index in [4.69, 9.17) is 5.11 Å². The standard InChI is InChI=1S/C11H17F2N3O/c1-2-4-14-10-6-8(3-5-15-10)16-7-9(17)11(12)13/h3,5-6,9,11,17H,2,4,7H2,1H3,(H2,14,15,16). The lowest BCUT2D eigenvalue weighted by atomic mass is 10.3. The minimum absolute atomic E-state index is 0.186. The van der Waals surface area contributed by atoms with Gasteiger partial charge in [-0.05, 0) is 12.5 Å². The van der Waals surface area contributed by atoms with E-state index in [1.165, 1.54) is 0 Å². The van der Waals surface area contributed by atoms with Gasteiger partial charge in [-0.3, -0.25) is 0 Å². The predicted molar refractivity (Wildman–Crippen MR) is 63.5 cm³/mol. The molecule has 6 heteroatoms. The average molecular weight is 245 g/mol. The predicted octanol–water partition coefficient (Wildman–Crippen LogP) is 1.94. The minimum Gasteiger partial charge on any atom is -0.385 e. The monoisotopic (exact) mass is 245 g/mol. The number of aliphatic hydroxyl groups excluding tert-OH is 1. The van der Waals surface area contributed by atoms with Crippen LogP contribution in [0.1, 0.15) is 13.3 Å². The lowest BCUT2D eigenvalue weighted by molar-refractivity contribution is 0.00384. The van der Waals surface area contributed by atoms with E-state index in [0.29, 0.717) is 11.5 Å². The second-order valence-electron chi connectivity index (χ2n) is 3.64. The summed E-state index contributed by atoms with van der Waals surface area (Å²) in [7, 11) is 0. The molecule has 0 spiro atoms. The van der Waals surface area contributed by atoms with E-state index in [1.54, 1.807) is 18.3 Å². The molecule has 3 N–H and O–H groups in total. The third-order valence-corrected chi connectivity index (χ3v) is 2.12. The molecule has 0 aliphatic carbocycles. The first-order chi connectivity index (χ1) is 8.13. The van der Waals surface area contributed by atoms with E-state index in [1.807, 2.05) is 6.92 Å². The van der Waals surface area contributed by atoms with Crippen LogP contribution >= 0.6 is 0 Å². The molecular formula is C11H17F2N3O. The highest BCUT2D eigenvalue weighted by Gasteiger charge is 2.15. The Balaban J connectivity index is 2.48. The zero-order valence-corrected chi connectivity index (χ0v) is 9.66. The van der Waals surface area contributed by atoms with Gasteiger partial charge in [-0.15, -0.1) is 0 Å². The van der Waals surface area contributed by atoms with Crippen LogP contribution in [-0.4, -0.2) is 35.7 Å². The van der Waals surface area contributed by atoms with Crippen LogP contribution in [0.25, 0.3) is 0 Å². The zero-order chi connectivity index (χ0) is 12.7. The number of nitrogens with one attached hydrogen (secondary N) is 2. The lowest BCUT2D eigenvalue weighted by Crippen LogP contribution is -2.26. The minimum atomic E-state index is -2.73. The Bertz CT molecular complexity index is 336. The molecule has 0 aliphatic heterocycles. The highest BCUT2D eigenvalue weighted by Crippen LogP contribution is 2.12. The van der Waals surface area contributed by atoms with Crippen LogP contribution in [-0.2, 0) is 0 Å². The number of hydrogen-bond donors (Lipinski definition) is 3. The normalized spacial score (nSPS) is 12.5. The van der Waals surface area contributed by atoms with Gasteiger partial charge in [0.2, 0.25) is 0 Å². The summed E-state index contributed by atoms with van der Waals surface area (Å²) in [6.45, 7) is 2.65. The van der Waals surface area contributed by atoms with E-state index in [2.05, 4.69) is 15.6 Å². The van der Waals surface area contributed by atoms with E-state index < -0.39 is 12.5 Å². The second-order valence-corrected chi connectivity index (χ2v) is 3.64. The number of halogens is 2. The van der Waals surface area contributed by atoms with Crippen molar-refractivity contribution in [2.45, 2.75) is 25.9 Å². The number of pyridine rings is 1. The number of nitrogens with zero attached hydrogens (tertiary/aromatic N) is 1. The first kappa shape index (κ1) is 13.6. The molecule has 1 unspecified atom stereocenters. The fourth-order valence-corrected chi connectivity index (χ4v) is 1.20. The highest BCUT2D eigenvalue weighted by atomic mass is 19.3. The van der Waals surface area contributed by atoms with Crippen molar-refractivity contribution in [3.05, 3.63) is 18.3 Å². The summed E-state index contributed by atoms with van der Waals surface area (Å²) >= 11 is 0. The molecule has 1 heterocycles. The summed E-state index contributed by atoms with van der Waals surface area (Å²) in [6, 6.07) is 3.38. The largest absolute Gasteiger partial charge is 0.385 e. The van der Waals surface area contributed by atoms with Gasteiger partial charge in [-0.2, -0.15) is 0 Å². The molecule has 0 amide bonds. The summed E-state index contributed by atoms with van der Waals surface area (Å²) in [5.74, 6) is 0.684. The van der Waals surface area contributed by atoms with Crippen LogP contribution in [0, 0.1) is 0 Å². The quantitative estimate of drug-likeness (QED) is 0.687. The van der Waals surface area contributed by atoms with E-state index >= 15 is 0 Å².